The molecule has 1 fully saturated rings. The molecule has 6 nitrogen and oxygen atoms in total. The first kappa shape index (κ1) is 22.6. The second-order valence-electron chi connectivity index (χ2n) is 8.38. The monoisotopic (exact) mass is 445 g/mol. The van der Waals surface area contributed by atoms with Gasteiger partial charge in [-0.25, -0.2) is 4.98 Å². The molecule has 0 unspecified atom stereocenters. The van der Waals surface area contributed by atoms with Gasteiger partial charge in [0.25, 0.3) is 0 Å². The summed E-state index contributed by atoms with van der Waals surface area (Å²) in [5, 5.41) is 2.99. The molecule has 0 aliphatic heterocycles. The van der Waals surface area contributed by atoms with Crippen molar-refractivity contribution in [1.29, 1.82) is 0 Å². The largest absolute Gasteiger partial charge is 0.497 e. The first-order valence-corrected chi connectivity index (χ1v) is 11.4. The molecule has 2 aromatic carbocycles. The number of carbonyl (C=O) groups excluding carboxylic acids is 1. The normalized spacial score (nSPS) is 16.5. The van der Waals surface area contributed by atoms with E-state index in [0.29, 0.717) is 6.54 Å². The SMILES string of the molecule is COc1ccc(C2(c3ccc(OC)cc3)C[C@H]2/C=C/C(=O)NCCCCc2ncc[nH]2)cc1. The third-order valence-corrected chi connectivity index (χ3v) is 6.40. The summed E-state index contributed by atoms with van der Waals surface area (Å²) in [4.78, 5) is 19.7. The van der Waals surface area contributed by atoms with E-state index in [1.807, 2.05) is 36.5 Å². The fraction of sp³-hybridized carbons (Fsp3) is 0.333. The Balaban J connectivity index is 1.38. The number of imidazole rings is 1. The first-order valence-electron chi connectivity index (χ1n) is 11.4. The molecule has 33 heavy (non-hydrogen) atoms. The van der Waals surface area contributed by atoms with Gasteiger partial charge in [-0.3, -0.25) is 4.79 Å². The number of aromatic amines is 1. The van der Waals surface area contributed by atoms with Gasteiger partial charge >= 0.3 is 0 Å². The number of aryl methyl sites for hydroxylation is 1. The summed E-state index contributed by atoms with van der Waals surface area (Å²) in [5.41, 5.74) is 2.31. The number of nitrogens with zero attached hydrogens (tertiary/aromatic N) is 1. The molecule has 0 saturated heterocycles. The Hall–Kier alpha value is -3.54. The number of aromatic nitrogens is 2. The molecule has 1 saturated carbocycles. The van der Waals surface area contributed by atoms with Gasteiger partial charge in [0.05, 0.1) is 14.2 Å². The topological polar surface area (TPSA) is 76.2 Å². The summed E-state index contributed by atoms with van der Waals surface area (Å²) < 4.78 is 10.7. The number of ether oxygens (including phenoxy) is 2. The zero-order chi connectivity index (χ0) is 23.1. The molecule has 4 rings (SSSR count). The Labute approximate surface area is 195 Å². The predicted molar refractivity (Wildman–Crippen MR) is 129 cm³/mol. The van der Waals surface area contributed by atoms with E-state index < -0.39 is 0 Å². The van der Waals surface area contributed by atoms with Crippen LogP contribution in [-0.4, -0.2) is 36.6 Å². The van der Waals surface area contributed by atoms with Crippen molar-refractivity contribution in [2.45, 2.75) is 31.1 Å². The van der Waals surface area contributed by atoms with Gasteiger partial charge in [-0.1, -0.05) is 30.3 Å². The highest BCUT2D eigenvalue weighted by Gasteiger charge is 2.55. The molecule has 0 radical (unpaired) electrons. The lowest BCUT2D eigenvalue weighted by Crippen LogP contribution is -2.22. The van der Waals surface area contributed by atoms with Crippen molar-refractivity contribution in [2.24, 2.45) is 5.92 Å². The van der Waals surface area contributed by atoms with E-state index in [0.717, 1.165) is 43.0 Å². The Bertz CT molecular complexity index is 1010. The number of carbonyl (C=O) groups is 1. The molecule has 0 spiro atoms. The van der Waals surface area contributed by atoms with Crippen LogP contribution in [0.4, 0.5) is 0 Å². The number of rotatable bonds is 11. The van der Waals surface area contributed by atoms with E-state index in [2.05, 4.69) is 39.6 Å². The van der Waals surface area contributed by atoms with Crippen molar-refractivity contribution in [3.8, 4) is 11.5 Å². The molecule has 1 aliphatic rings. The average molecular weight is 446 g/mol. The van der Waals surface area contributed by atoms with Crippen LogP contribution >= 0.6 is 0 Å². The number of nitrogens with one attached hydrogen (secondary N) is 2. The molecular weight excluding hydrogens is 414 g/mol. The number of allylic oxidation sites excluding steroid dienone is 1. The molecule has 6 heteroatoms. The minimum Gasteiger partial charge on any atom is -0.497 e. The first-order chi connectivity index (χ1) is 16.2. The molecule has 1 atom stereocenters. The van der Waals surface area contributed by atoms with Gasteiger partial charge in [0.15, 0.2) is 0 Å². The minimum atomic E-state index is -0.141. The Morgan fingerprint density at radius 3 is 2.24 bits per heavy atom. The number of amides is 1. The second-order valence-corrected chi connectivity index (χ2v) is 8.38. The zero-order valence-electron chi connectivity index (χ0n) is 19.2. The molecule has 1 heterocycles. The molecule has 3 aromatic rings. The van der Waals surface area contributed by atoms with E-state index in [-0.39, 0.29) is 17.2 Å². The van der Waals surface area contributed by atoms with Crippen molar-refractivity contribution in [3.63, 3.8) is 0 Å². The second kappa shape index (κ2) is 10.4. The summed E-state index contributed by atoms with van der Waals surface area (Å²) in [6.45, 7) is 0.663. The van der Waals surface area contributed by atoms with Crippen molar-refractivity contribution >= 4 is 5.91 Å². The van der Waals surface area contributed by atoms with Gasteiger partial charge in [-0.15, -0.1) is 0 Å². The lowest BCUT2D eigenvalue weighted by molar-refractivity contribution is -0.116. The maximum Gasteiger partial charge on any atom is 0.243 e. The van der Waals surface area contributed by atoms with Crippen LogP contribution in [-0.2, 0) is 16.6 Å². The highest BCUT2D eigenvalue weighted by molar-refractivity contribution is 5.87. The lowest BCUT2D eigenvalue weighted by Gasteiger charge is -2.19. The highest BCUT2D eigenvalue weighted by Crippen LogP contribution is 2.59. The maximum atomic E-state index is 12.4. The van der Waals surface area contributed by atoms with Crippen molar-refractivity contribution in [1.82, 2.24) is 15.3 Å². The third-order valence-electron chi connectivity index (χ3n) is 6.40. The fourth-order valence-electron chi connectivity index (χ4n) is 4.45. The van der Waals surface area contributed by atoms with Crippen molar-refractivity contribution in [2.75, 3.05) is 20.8 Å². The van der Waals surface area contributed by atoms with Crippen LogP contribution < -0.4 is 14.8 Å². The maximum absolute atomic E-state index is 12.4. The van der Waals surface area contributed by atoms with E-state index in [1.54, 1.807) is 26.5 Å². The van der Waals surface area contributed by atoms with Gasteiger partial charge in [-0.2, -0.15) is 0 Å². The number of benzene rings is 2. The van der Waals surface area contributed by atoms with Gasteiger partial charge in [-0.05, 0) is 66.6 Å². The Kier molecular flexibility index (Phi) is 7.13. The third kappa shape index (κ3) is 5.28. The lowest BCUT2D eigenvalue weighted by atomic mass is 9.85. The number of H-pyrrole nitrogens is 1. The summed E-state index contributed by atoms with van der Waals surface area (Å²) in [5.74, 6) is 2.87. The average Bonchev–Trinajstić information content (AvgIpc) is 3.36. The fourth-order valence-corrected chi connectivity index (χ4v) is 4.45. The highest BCUT2D eigenvalue weighted by atomic mass is 16.5. The zero-order valence-corrected chi connectivity index (χ0v) is 19.2. The summed E-state index contributed by atoms with van der Waals surface area (Å²) in [6.07, 6.45) is 11.1. The van der Waals surface area contributed by atoms with Gasteiger partial charge in [0.1, 0.15) is 17.3 Å². The van der Waals surface area contributed by atoms with Crippen molar-refractivity contribution < 1.29 is 14.3 Å². The number of methoxy groups -OCH3 is 2. The number of hydrogen-bond acceptors (Lipinski definition) is 4. The predicted octanol–water partition coefficient (Wildman–Crippen LogP) is 4.43. The van der Waals surface area contributed by atoms with Crippen LogP contribution in [0.15, 0.2) is 73.1 Å². The van der Waals surface area contributed by atoms with E-state index in [9.17, 15) is 4.79 Å². The molecule has 2 N–H and O–H groups in total. The van der Waals surface area contributed by atoms with E-state index >= 15 is 0 Å². The number of hydrogen-bond donors (Lipinski definition) is 2. The van der Waals surface area contributed by atoms with Crippen LogP contribution in [0.3, 0.4) is 0 Å². The molecule has 1 aromatic heterocycles. The van der Waals surface area contributed by atoms with Crippen LogP contribution in [0.1, 0.15) is 36.2 Å². The Morgan fingerprint density at radius 1 is 1.06 bits per heavy atom. The van der Waals surface area contributed by atoms with Gasteiger partial charge < -0.3 is 19.8 Å². The molecule has 0 bridgehead atoms. The molecule has 172 valence electrons. The van der Waals surface area contributed by atoms with Gasteiger partial charge in [0, 0.05) is 30.8 Å². The van der Waals surface area contributed by atoms with E-state index in [1.165, 1.54) is 11.1 Å². The molecule has 1 amide bonds. The van der Waals surface area contributed by atoms with Crippen LogP contribution in [0, 0.1) is 5.92 Å². The molecule has 1 aliphatic carbocycles. The van der Waals surface area contributed by atoms with Crippen LogP contribution in [0.25, 0.3) is 0 Å². The van der Waals surface area contributed by atoms with E-state index in [4.69, 9.17) is 9.47 Å². The quantitative estimate of drug-likeness (QED) is 0.338. The van der Waals surface area contributed by atoms with Crippen LogP contribution in [0.5, 0.6) is 11.5 Å². The van der Waals surface area contributed by atoms with Crippen molar-refractivity contribution in [3.05, 3.63) is 90.0 Å². The van der Waals surface area contributed by atoms with Crippen LogP contribution in [0.2, 0.25) is 0 Å². The standard InChI is InChI=1S/C27H31N3O3/c1-32-23-11-6-20(7-12-23)27(21-8-13-24(33-2)14-9-21)19-22(27)10-15-26(31)30-16-4-3-5-25-28-17-18-29-25/h6-15,17-18,22H,3-5,16,19H2,1-2H3,(H,28,29)(H,30,31)/b15-10+/t22-/m1/s1. The minimum absolute atomic E-state index is 0.0433. The summed E-state index contributed by atoms with van der Waals surface area (Å²) in [7, 11) is 3.35. The smallest absolute Gasteiger partial charge is 0.243 e. The van der Waals surface area contributed by atoms with Gasteiger partial charge in [0.2, 0.25) is 5.91 Å². The molecular formula is C27H31N3O3. The summed E-state index contributed by atoms with van der Waals surface area (Å²) in [6, 6.07) is 16.5. The Morgan fingerprint density at radius 2 is 1.70 bits per heavy atom. The number of unbranched alkanes of at least 4 members (excludes halogenated alkanes) is 1. The summed E-state index contributed by atoms with van der Waals surface area (Å²) >= 11 is 0.